The Kier molecular flexibility index (Phi) is 4.90. The molecule has 0 fully saturated rings. The molecule has 0 unspecified atom stereocenters. The summed E-state index contributed by atoms with van der Waals surface area (Å²) in [5, 5.41) is 6.18. The van der Waals surface area contributed by atoms with Crippen molar-refractivity contribution < 1.29 is 4.79 Å². The molecule has 4 N–H and O–H groups in total. The highest BCUT2D eigenvalue weighted by molar-refractivity contribution is 9.10. The standard InChI is InChI=1S/C17H15BrN6O/c1-10(25)11-2-5-13(6-3-11)23-16-15(19)17(22-9-21-16)24-14-7-4-12(18)8-20-14/h2-9H,19H2,1H3,(H2,20,21,22,23,24). The molecular weight excluding hydrogens is 384 g/mol. The second-order valence-corrected chi connectivity index (χ2v) is 6.15. The fourth-order valence-electron chi connectivity index (χ4n) is 2.09. The lowest BCUT2D eigenvalue weighted by molar-refractivity contribution is 0.101. The summed E-state index contributed by atoms with van der Waals surface area (Å²) in [5.41, 5.74) is 7.92. The van der Waals surface area contributed by atoms with Gasteiger partial charge >= 0.3 is 0 Å². The molecule has 7 nitrogen and oxygen atoms in total. The van der Waals surface area contributed by atoms with Crippen molar-refractivity contribution in [1.29, 1.82) is 0 Å². The molecule has 3 aromatic rings. The van der Waals surface area contributed by atoms with Crippen LogP contribution in [0.5, 0.6) is 0 Å². The maximum atomic E-state index is 11.3. The number of nitrogens with one attached hydrogen (secondary N) is 2. The predicted molar refractivity (Wildman–Crippen MR) is 101 cm³/mol. The summed E-state index contributed by atoms with van der Waals surface area (Å²) in [7, 11) is 0. The molecule has 0 atom stereocenters. The summed E-state index contributed by atoms with van der Waals surface area (Å²) >= 11 is 3.34. The van der Waals surface area contributed by atoms with Crippen LogP contribution in [0.2, 0.25) is 0 Å². The number of carbonyl (C=O) groups excluding carboxylic acids is 1. The fourth-order valence-corrected chi connectivity index (χ4v) is 2.33. The van der Waals surface area contributed by atoms with E-state index in [0.717, 1.165) is 10.2 Å². The number of anilines is 5. The van der Waals surface area contributed by atoms with E-state index >= 15 is 0 Å². The molecule has 0 saturated heterocycles. The molecule has 25 heavy (non-hydrogen) atoms. The van der Waals surface area contributed by atoms with Crippen LogP contribution in [-0.4, -0.2) is 20.7 Å². The van der Waals surface area contributed by atoms with Crippen LogP contribution >= 0.6 is 15.9 Å². The third-order valence-corrected chi connectivity index (χ3v) is 3.88. The summed E-state index contributed by atoms with van der Waals surface area (Å²) in [6.07, 6.45) is 3.08. The van der Waals surface area contributed by atoms with E-state index in [0.29, 0.717) is 28.7 Å². The van der Waals surface area contributed by atoms with Crippen LogP contribution < -0.4 is 16.4 Å². The van der Waals surface area contributed by atoms with Gasteiger partial charge in [-0.3, -0.25) is 4.79 Å². The lowest BCUT2D eigenvalue weighted by atomic mass is 10.1. The van der Waals surface area contributed by atoms with E-state index in [9.17, 15) is 4.79 Å². The molecule has 0 bridgehead atoms. The average Bonchev–Trinajstić information content (AvgIpc) is 2.61. The smallest absolute Gasteiger partial charge is 0.160 e. The van der Waals surface area contributed by atoms with Gasteiger partial charge in [0.25, 0.3) is 0 Å². The molecule has 0 amide bonds. The van der Waals surface area contributed by atoms with Crippen molar-refractivity contribution in [2.24, 2.45) is 0 Å². The minimum absolute atomic E-state index is 0.0154. The first-order valence-electron chi connectivity index (χ1n) is 7.40. The highest BCUT2D eigenvalue weighted by atomic mass is 79.9. The molecule has 8 heteroatoms. The Labute approximate surface area is 152 Å². The minimum Gasteiger partial charge on any atom is -0.393 e. The van der Waals surface area contributed by atoms with Crippen LogP contribution in [0, 0.1) is 0 Å². The number of ketones is 1. The van der Waals surface area contributed by atoms with Gasteiger partial charge in [0.15, 0.2) is 17.4 Å². The Morgan fingerprint density at radius 2 is 1.68 bits per heavy atom. The molecule has 0 radical (unpaired) electrons. The number of halogens is 1. The van der Waals surface area contributed by atoms with Gasteiger partial charge in [-0.1, -0.05) is 0 Å². The van der Waals surface area contributed by atoms with Gasteiger partial charge in [-0.25, -0.2) is 15.0 Å². The monoisotopic (exact) mass is 398 g/mol. The SMILES string of the molecule is CC(=O)c1ccc(Nc2ncnc(Nc3ccc(Br)cn3)c2N)cc1. The maximum absolute atomic E-state index is 11.3. The quantitative estimate of drug-likeness (QED) is 0.559. The average molecular weight is 399 g/mol. The fraction of sp³-hybridized carbons (Fsp3) is 0.0588. The number of nitrogens with two attached hydrogens (primary N) is 1. The van der Waals surface area contributed by atoms with E-state index in [1.807, 2.05) is 6.07 Å². The van der Waals surface area contributed by atoms with E-state index in [-0.39, 0.29) is 5.78 Å². The summed E-state index contributed by atoms with van der Waals surface area (Å²) in [4.78, 5) is 23.9. The predicted octanol–water partition coefficient (Wildman–Crippen LogP) is 3.91. The molecule has 2 heterocycles. The van der Waals surface area contributed by atoms with Gasteiger partial charge in [-0.2, -0.15) is 0 Å². The Morgan fingerprint density at radius 1 is 1.00 bits per heavy atom. The summed E-state index contributed by atoms with van der Waals surface area (Å²) in [5.74, 6) is 1.55. The van der Waals surface area contributed by atoms with Crippen molar-refractivity contribution in [3.05, 3.63) is 59.0 Å². The van der Waals surface area contributed by atoms with Crippen molar-refractivity contribution in [2.45, 2.75) is 6.92 Å². The minimum atomic E-state index is 0.0154. The summed E-state index contributed by atoms with van der Waals surface area (Å²) < 4.78 is 0.880. The van der Waals surface area contributed by atoms with Gasteiger partial charge in [0.1, 0.15) is 17.8 Å². The van der Waals surface area contributed by atoms with Gasteiger partial charge in [-0.05, 0) is 59.3 Å². The Bertz CT molecular complexity index is 896. The largest absolute Gasteiger partial charge is 0.393 e. The zero-order chi connectivity index (χ0) is 17.8. The highest BCUT2D eigenvalue weighted by Gasteiger charge is 2.09. The summed E-state index contributed by atoms with van der Waals surface area (Å²) in [6.45, 7) is 1.53. The lowest BCUT2D eigenvalue weighted by Gasteiger charge is -2.12. The number of pyridine rings is 1. The van der Waals surface area contributed by atoms with Crippen LogP contribution in [0.1, 0.15) is 17.3 Å². The second kappa shape index (κ2) is 7.27. The van der Waals surface area contributed by atoms with Gasteiger partial charge in [0, 0.05) is 21.9 Å². The summed E-state index contributed by atoms with van der Waals surface area (Å²) in [6, 6.07) is 10.7. The molecule has 0 aliphatic heterocycles. The van der Waals surface area contributed by atoms with E-state index in [1.54, 1.807) is 36.5 Å². The number of nitrogen functional groups attached to an aromatic ring is 1. The Balaban J connectivity index is 1.80. The number of hydrogen-bond acceptors (Lipinski definition) is 7. The van der Waals surface area contributed by atoms with Gasteiger partial charge in [0.05, 0.1) is 0 Å². The number of nitrogens with zero attached hydrogens (tertiary/aromatic N) is 3. The molecule has 3 rings (SSSR count). The van der Waals surface area contributed by atoms with E-state index in [4.69, 9.17) is 5.73 Å². The van der Waals surface area contributed by atoms with Crippen LogP contribution in [0.4, 0.5) is 28.8 Å². The topological polar surface area (TPSA) is 106 Å². The molecule has 1 aromatic carbocycles. The zero-order valence-corrected chi connectivity index (χ0v) is 14.9. The number of carbonyl (C=O) groups is 1. The van der Waals surface area contributed by atoms with Gasteiger partial charge in [0.2, 0.25) is 0 Å². The van der Waals surface area contributed by atoms with E-state index in [1.165, 1.54) is 13.3 Å². The van der Waals surface area contributed by atoms with Crippen LogP contribution in [0.3, 0.4) is 0 Å². The number of Topliss-reactive ketones (excluding diaryl/α,β-unsaturated/α-hetero) is 1. The Morgan fingerprint density at radius 3 is 2.28 bits per heavy atom. The molecule has 126 valence electrons. The number of rotatable bonds is 5. The lowest BCUT2D eigenvalue weighted by Crippen LogP contribution is -2.06. The molecule has 0 saturated carbocycles. The third kappa shape index (κ3) is 4.10. The first-order chi connectivity index (χ1) is 12.0. The maximum Gasteiger partial charge on any atom is 0.160 e. The number of aromatic nitrogens is 3. The molecule has 0 aliphatic rings. The molecule has 0 spiro atoms. The molecule has 0 aliphatic carbocycles. The molecular formula is C17H15BrN6O. The van der Waals surface area contributed by atoms with E-state index in [2.05, 4.69) is 41.5 Å². The second-order valence-electron chi connectivity index (χ2n) is 5.23. The van der Waals surface area contributed by atoms with Crippen molar-refractivity contribution >= 4 is 50.5 Å². The van der Waals surface area contributed by atoms with Crippen LogP contribution in [0.15, 0.2) is 53.4 Å². The van der Waals surface area contributed by atoms with Crippen molar-refractivity contribution in [2.75, 3.05) is 16.4 Å². The van der Waals surface area contributed by atoms with Crippen molar-refractivity contribution in [3.63, 3.8) is 0 Å². The van der Waals surface area contributed by atoms with Crippen LogP contribution in [0.25, 0.3) is 0 Å². The number of benzene rings is 1. The van der Waals surface area contributed by atoms with Crippen molar-refractivity contribution in [3.8, 4) is 0 Å². The van der Waals surface area contributed by atoms with E-state index < -0.39 is 0 Å². The first-order valence-corrected chi connectivity index (χ1v) is 8.19. The van der Waals surface area contributed by atoms with Gasteiger partial charge < -0.3 is 16.4 Å². The van der Waals surface area contributed by atoms with Crippen LogP contribution in [-0.2, 0) is 0 Å². The normalized spacial score (nSPS) is 10.3. The Hall–Kier alpha value is -3.00. The van der Waals surface area contributed by atoms with Gasteiger partial charge in [-0.15, -0.1) is 0 Å². The molecule has 2 aromatic heterocycles. The zero-order valence-electron chi connectivity index (χ0n) is 13.3. The number of hydrogen-bond donors (Lipinski definition) is 3. The van der Waals surface area contributed by atoms with Crippen molar-refractivity contribution in [1.82, 2.24) is 15.0 Å². The highest BCUT2D eigenvalue weighted by Crippen LogP contribution is 2.27. The third-order valence-electron chi connectivity index (χ3n) is 3.41. The first kappa shape index (κ1) is 16.8.